The number of aromatic nitrogens is 3. The first-order valence-electron chi connectivity index (χ1n) is 7.31. The van der Waals surface area contributed by atoms with Crippen LogP contribution in [0.25, 0.3) is 16.6 Å². The van der Waals surface area contributed by atoms with E-state index in [1.165, 1.54) is 33.8 Å². The van der Waals surface area contributed by atoms with Crippen LogP contribution >= 0.6 is 11.8 Å². The summed E-state index contributed by atoms with van der Waals surface area (Å²) in [4.78, 5) is 11.6. The molecule has 5 heteroatoms. The lowest BCUT2D eigenvalue weighted by Crippen LogP contribution is -2.09. The summed E-state index contributed by atoms with van der Waals surface area (Å²) in [6.07, 6.45) is 0. The molecule has 0 aliphatic carbocycles. The molecule has 0 bridgehead atoms. The molecular weight excluding hydrogens is 294 g/mol. The van der Waals surface area contributed by atoms with Gasteiger partial charge in [0.15, 0.2) is 10.8 Å². The van der Waals surface area contributed by atoms with Gasteiger partial charge in [-0.3, -0.25) is 9.20 Å². The highest BCUT2D eigenvalue weighted by Gasteiger charge is 2.17. The Balaban J connectivity index is 2.33. The predicted molar refractivity (Wildman–Crippen MR) is 90.7 cm³/mol. The van der Waals surface area contributed by atoms with Crippen molar-refractivity contribution < 1.29 is 4.79 Å². The molecular formula is C17H19N3OS. The summed E-state index contributed by atoms with van der Waals surface area (Å²) in [5.74, 6) is 0.144. The first kappa shape index (κ1) is 15.0. The number of carbonyl (C=O) groups excluding carboxylic acids is 1. The summed E-state index contributed by atoms with van der Waals surface area (Å²) in [5.41, 5.74) is 5.59. The first-order valence-corrected chi connectivity index (χ1v) is 8.19. The number of fused-ring (bicyclic) bond motifs is 3. The predicted octanol–water partition coefficient (Wildman–Crippen LogP) is 3.88. The van der Waals surface area contributed by atoms with Crippen LogP contribution in [0.1, 0.15) is 30.5 Å². The molecule has 0 spiro atoms. The number of benzene rings is 1. The molecule has 1 aromatic carbocycles. The van der Waals surface area contributed by atoms with E-state index in [-0.39, 0.29) is 11.0 Å². The maximum absolute atomic E-state index is 11.6. The van der Waals surface area contributed by atoms with Gasteiger partial charge in [0.2, 0.25) is 0 Å². The number of hydrogen-bond acceptors (Lipinski definition) is 4. The largest absolute Gasteiger partial charge is 0.299 e. The molecule has 0 saturated heterocycles. The molecule has 2 heterocycles. The Kier molecular flexibility index (Phi) is 3.68. The third kappa shape index (κ3) is 2.39. The smallest absolute Gasteiger partial charge is 0.196 e. The van der Waals surface area contributed by atoms with E-state index in [1.807, 2.05) is 6.92 Å². The number of Topliss-reactive ketones (excluding diaryl/α,β-unsaturated/α-hetero) is 1. The fourth-order valence-electron chi connectivity index (χ4n) is 2.73. The minimum Gasteiger partial charge on any atom is -0.299 e. The van der Waals surface area contributed by atoms with E-state index in [0.29, 0.717) is 0 Å². The number of rotatable bonds is 3. The van der Waals surface area contributed by atoms with E-state index in [0.717, 1.165) is 16.3 Å². The van der Waals surface area contributed by atoms with E-state index in [4.69, 9.17) is 0 Å². The van der Waals surface area contributed by atoms with Crippen molar-refractivity contribution in [1.82, 2.24) is 14.6 Å². The first-order chi connectivity index (χ1) is 10.4. The van der Waals surface area contributed by atoms with E-state index in [2.05, 4.69) is 53.6 Å². The Labute approximate surface area is 133 Å². The van der Waals surface area contributed by atoms with E-state index in [1.54, 1.807) is 6.92 Å². The van der Waals surface area contributed by atoms with Gasteiger partial charge >= 0.3 is 0 Å². The van der Waals surface area contributed by atoms with E-state index < -0.39 is 0 Å². The van der Waals surface area contributed by atoms with Gasteiger partial charge in [0.25, 0.3) is 0 Å². The molecule has 114 valence electrons. The highest BCUT2D eigenvalue weighted by atomic mass is 32.2. The van der Waals surface area contributed by atoms with Crippen molar-refractivity contribution in [2.45, 2.75) is 45.0 Å². The Morgan fingerprint density at radius 2 is 1.86 bits per heavy atom. The summed E-state index contributed by atoms with van der Waals surface area (Å²) in [7, 11) is 0. The maximum Gasteiger partial charge on any atom is 0.196 e. The van der Waals surface area contributed by atoms with Crippen LogP contribution in [0.5, 0.6) is 0 Å². The molecule has 22 heavy (non-hydrogen) atoms. The highest BCUT2D eigenvalue weighted by Crippen LogP contribution is 2.30. The number of aryl methyl sites for hydroxylation is 3. The highest BCUT2D eigenvalue weighted by molar-refractivity contribution is 8.00. The molecule has 3 aromatic rings. The normalized spacial score (nSPS) is 13.0. The van der Waals surface area contributed by atoms with Crippen LogP contribution in [0.2, 0.25) is 0 Å². The number of hydrogen-bond donors (Lipinski definition) is 0. The second-order valence-electron chi connectivity index (χ2n) is 5.85. The van der Waals surface area contributed by atoms with Gasteiger partial charge < -0.3 is 0 Å². The van der Waals surface area contributed by atoms with Crippen LogP contribution in [0.4, 0.5) is 0 Å². The fourth-order valence-corrected chi connectivity index (χ4v) is 3.59. The van der Waals surface area contributed by atoms with Crippen LogP contribution in [0.3, 0.4) is 0 Å². The summed E-state index contributed by atoms with van der Waals surface area (Å²) >= 11 is 1.46. The van der Waals surface area contributed by atoms with Crippen LogP contribution in [0, 0.1) is 20.8 Å². The number of ketones is 1. The molecule has 0 unspecified atom stereocenters. The van der Waals surface area contributed by atoms with Gasteiger partial charge in [-0.25, -0.2) is 0 Å². The zero-order valence-corrected chi connectivity index (χ0v) is 14.3. The standard InChI is InChI=1S/C17H19N3OS/c1-9-6-11(3)16-14(7-9)10(2)8-15-18-19-17(20(15)16)22-13(5)12(4)21/h6-8,13H,1-5H3/t13-/m1/s1. The van der Waals surface area contributed by atoms with Gasteiger partial charge in [-0.15, -0.1) is 10.2 Å². The van der Waals surface area contributed by atoms with Crippen molar-refractivity contribution >= 4 is 34.1 Å². The van der Waals surface area contributed by atoms with Gasteiger partial charge in [0, 0.05) is 5.39 Å². The molecule has 4 nitrogen and oxygen atoms in total. The van der Waals surface area contributed by atoms with Gasteiger partial charge in [-0.1, -0.05) is 23.4 Å². The van der Waals surface area contributed by atoms with Crippen molar-refractivity contribution in [3.8, 4) is 0 Å². The lowest BCUT2D eigenvalue weighted by atomic mass is 10.0. The van der Waals surface area contributed by atoms with Gasteiger partial charge in [0.1, 0.15) is 5.78 Å². The van der Waals surface area contributed by atoms with E-state index in [9.17, 15) is 4.79 Å². The molecule has 0 radical (unpaired) electrons. The second kappa shape index (κ2) is 5.39. The molecule has 0 amide bonds. The van der Waals surface area contributed by atoms with Crippen LogP contribution in [-0.4, -0.2) is 25.6 Å². The Morgan fingerprint density at radius 3 is 2.55 bits per heavy atom. The minimum absolute atomic E-state index is 0.130. The molecule has 0 aliphatic heterocycles. The topological polar surface area (TPSA) is 47.3 Å². The number of carbonyl (C=O) groups is 1. The van der Waals surface area contributed by atoms with Crippen LogP contribution in [-0.2, 0) is 4.79 Å². The third-order valence-electron chi connectivity index (χ3n) is 3.95. The number of pyridine rings is 1. The zero-order chi connectivity index (χ0) is 16.0. The van der Waals surface area contributed by atoms with Crippen LogP contribution in [0.15, 0.2) is 23.4 Å². The van der Waals surface area contributed by atoms with Gasteiger partial charge in [0.05, 0.1) is 10.8 Å². The minimum atomic E-state index is -0.130. The summed E-state index contributed by atoms with van der Waals surface area (Å²) in [6, 6.07) is 6.42. The Bertz CT molecular complexity index is 898. The quantitative estimate of drug-likeness (QED) is 0.689. The van der Waals surface area contributed by atoms with Crippen molar-refractivity contribution in [3.63, 3.8) is 0 Å². The fraction of sp³-hybridized carbons (Fsp3) is 0.353. The Hall–Kier alpha value is -1.88. The molecule has 2 aromatic heterocycles. The summed E-state index contributed by atoms with van der Waals surface area (Å²) in [6.45, 7) is 9.83. The average molecular weight is 313 g/mol. The Morgan fingerprint density at radius 1 is 1.14 bits per heavy atom. The molecule has 0 fully saturated rings. The van der Waals surface area contributed by atoms with Gasteiger partial charge in [-0.2, -0.15) is 0 Å². The number of nitrogens with zero attached hydrogens (tertiary/aromatic N) is 3. The van der Waals surface area contributed by atoms with Gasteiger partial charge in [-0.05, 0) is 57.9 Å². The SMILES string of the molecule is CC(=O)[C@@H](C)Sc1nnc2cc(C)c3cc(C)cc(C)c3n12. The maximum atomic E-state index is 11.6. The molecule has 0 aliphatic rings. The lowest BCUT2D eigenvalue weighted by Gasteiger charge is -2.12. The molecule has 0 saturated carbocycles. The second-order valence-corrected chi connectivity index (χ2v) is 7.16. The van der Waals surface area contributed by atoms with Crippen molar-refractivity contribution in [2.75, 3.05) is 0 Å². The van der Waals surface area contributed by atoms with Crippen LogP contribution < -0.4 is 0 Å². The molecule has 0 N–H and O–H groups in total. The van der Waals surface area contributed by atoms with E-state index >= 15 is 0 Å². The molecule has 3 rings (SSSR count). The average Bonchev–Trinajstić information content (AvgIpc) is 2.81. The summed E-state index contributed by atoms with van der Waals surface area (Å²) in [5, 5.41) is 10.4. The number of thioether (sulfide) groups is 1. The van der Waals surface area contributed by atoms with Crippen molar-refractivity contribution in [3.05, 3.63) is 34.9 Å². The monoisotopic (exact) mass is 313 g/mol. The zero-order valence-electron chi connectivity index (χ0n) is 13.5. The molecule has 1 atom stereocenters. The third-order valence-corrected chi connectivity index (χ3v) is 5.11. The summed E-state index contributed by atoms with van der Waals surface area (Å²) < 4.78 is 2.07. The van der Waals surface area contributed by atoms with Crippen molar-refractivity contribution in [1.29, 1.82) is 0 Å². The lowest BCUT2D eigenvalue weighted by molar-refractivity contribution is -0.116. The van der Waals surface area contributed by atoms with Crippen molar-refractivity contribution in [2.24, 2.45) is 0 Å².